The van der Waals surface area contributed by atoms with Gasteiger partial charge in [0, 0.05) is 23.8 Å². The van der Waals surface area contributed by atoms with Crippen LogP contribution in [-0.4, -0.2) is 6.61 Å². The maximum atomic E-state index is 6.12. The molecule has 1 saturated heterocycles. The molecule has 2 heteroatoms. The van der Waals surface area contributed by atoms with Crippen molar-refractivity contribution >= 4 is 5.69 Å². The van der Waals surface area contributed by atoms with Crippen LogP contribution in [0.5, 0.6) is 0 Å². The molecule has 2 nitrogen and oxygen atoms in total. The molecular formula is C18H19NO. The number of fused-ring (bicyclic) bond motifs is 3. The summed E-state index contributed by atoms with van der Waals surface area (Å²) >= 11 is 0. The first-order chi connectivity index (χ1) is 9.93. The highest BCUT2D eigenvalue weighted by Crippen LogP contribution is 2.48. The minimum atomic E-state index is 0.242. The molecule has 0 saturated carbocycles. The Kier molecular flexibility index (Phi) is 2.96. The number of rotatable bonds is 1. The number of hydrogen-bond acceptors (Lipinski definition) is 2. The van der Waals surface area contributed by atoms with Crippen molar-refractivity contribution in [2.24, 2.45) is 5.92 Å². The maximum Gasteiger partial charge on any atom is 0.0895 e. The number of nitrogens with one attached hydrogen (secondary N) is 1. The Labute approximate surface area is 119 Å². The number of ether oxygens (including phenoxy) is 1. The molecule has 20 heavy (non-hydrogen) atoms. The summed E-state index contributed by atoms with van der Waals surface area (Å²) < 4.78 is 6.12. The lowest BCUT2D eigenvalue weighted by Crippen LogP contribution is -2.35. The second-order valence-electron chi connectivity index (χ2n) is 5.72. The van der Waals surface area contributed by atoms with Gasteiger partial charge in [-0.2, -0.15) is 0 Å². The molecule has 2 aliphatic heterocycles. The predicted molar refractivity (Wildman–Crippen MR) is 80.7 cm³/mol. The molecule has 1 N–H and O–H groups in total. The van der Waals surface area contributed by atoms with E-state index in [9.17, 15) is 0 Å². The van der Waals surface area contributed by atoms with Crippen LogP contribution in [0.3, 0.4) is 0 Å². The van der Waals surface area contributed by atoms with Crippen molar-refractivity contribution in [1.82, 2.24) is 0 Å². The maximum absolute atomic E-state index is 6.12. The van der Waals surface area contributed by atoms with Crippen LogP contribution < -0.4 is 5.32 Å². The topological polar surface area (TPSA) is 21.3 Å². The summed E-state index contributed by atoms with van der Waals surface area (Å²) in [6, 6.07) is 19.7. The third-order valence-electron chi connectivity index (χ3n) is 4.53. The first kappa shape index (κ1) is 12.0. The van der Waals surface area contributed by atoms with Crippen molar-refractivity contribution in [3.05, 3.63) is 65.7 Å². The smallest absolute Gasteiger partial charge is 0.0895 e. The molecule has 2 aromatic carbocycles. The summed E-state index contributed by atoms with van der Waals surface area (Å²) in [4.78, 5) is 0. The van der Waals surface area contributed by atoms with E-state index in [1.165, 1.54) is 23.2 Å². The van der Waals surface area contributed by atoms with Gasteiger partial charge in [0.15, 0.2) is 0 Å². The van der Waals surface area contributed by atoms with E-state index in [1.807, 2.05) is 0 Å². The zero-order chi connectivity index (χ0) is 13.4. The highest BCUT2D eigenvalue weighted by atomic mass is 16.5. The van der Waals surface area contributed by atoms with Crippen LogP contribution in [0.15, 0.2) is 54.6 Å². The van der Waals surface area contributed by atoms with Crippen LogP contribution in [-0.2, 0) is 4.74 Å². The van der Waals surface area contributed by atoms with E-state index in [0.717, 1.165) is 13.0 Å². The molecule has 102 valence electrons. The molecule has 3 atom stereocenters. The van der Waals surface area contributed by atoms with E-state index in [1.54, 1.807) is 0 Å². The third-order valence-corrected chi connectivity index (χ3v) is 4.53. The molecule has 2 aromatic rings. The fourth-order valence-electron chi connectivity index (χ4n) is 3.61. The monoisotopic (exact) mass is 265 g/mol. The number of anilines is 1. The van der Waals surface area contributed by atoms with Gasteiger partial charge in [-0.15, -0.1) is 0 Å². The van der Waals surface area contributed by atoms with Gasteiger partial charge in [0.1, 0.15) is 0 Å². The van der Waals surface area contributed by atoms with E-state index in [0.29, 0.717) is 12.0 Å². The Morgan fingerprint density at radius 2 is 1.75 bits per heavy atom. The van der Waals surface area contributed by atoms with Crippen molar-refractivity contribution in [2.75, 3.05) is 11.9 Å². The molecule has 0 amide bonds. The Balaban J connectivity index is 1.78. The van der Waals surface area contributed by atoms with Gasteiger partial charge in [0.25, 0.3) is 0 Å². The van der Waals surface area contributed by atoms with Crippen LogP contribution in [0, 0.1) is 5.92 Å². The minimum Gasteiger partial charge on any atom is -0.378 e. The van der Waals surface area contributed by atoms with E-state index in [4.69, 9.17) is 4.74 Å². The predicted octanol–water partition coefficient (Wildman–Crippen LogP) is 4.32. The lowest BCUT2D eigenvalue weighted by atomic mass is 9.77. The fraction of sp³-hybridized carbons (Fsp3) is 0.333. The lowest BCUT2D eigenvalue weighted by Gasteiger charge is -2.43. The van der Waals surface area contributed by atoms with Gasteiger partial charge in [-0.1, -0.05) is 48.5 Å². The Morgan fingerprint density at radius 3 is 2.65 bits per heavy atom. The van der Waals surface area contributed by atoms with E-state index in [2.05, 4.69) is 59.9 Å². The van der Waals surface area contributed by atoms with Crippen molar-refractivity contribution in [2.45, 2.75) is 25.0 Å². The third kappa shape index (κ3) is 1.92. The molecule has 0 radical (unpaired) electrons. The van der Waals surface area contributed by atoms with Crippen LogP contribution in [0.4, 0.5) is 5.69 Å². The average Bonchev–Trinajstić information content (AvgIpc) is 2.55. The highest BCUT2D eigenvalue weighted by molar-refractivity contribution is 5.57. The van der Waals surface area contributed by atoms with Gasteiger partial charge in [0.05, 0.1) is 12.1 Å². The largest absolute Gasteiger partial charge is 0.378 e. The SMILES string of the molecule is c1ccc([C@H]2Nc3ccccc3[C@H]3OCCC[C@@H]23)cc1. The number of para-hydroxylation sites is 1. The van der Waals surface area contributed by atoms with Crippen LogP contribution >= 0.6 is 0 Å². The molecule has 1 fully saturated rings. The summed E-state index contributed by atoms with van der Waals surface area (Å²) in [6.45, 7) is 0.886. The second-order valence-corrected chi connectivity index (χ2v) is 5.72. The zero-order valence-electron chi connectivity index (χ0n) is 11.5. The second kappa shape index (κ2) is 4.95. The van der Waals surface area contributed by atoms with Gasteiger partial charge >= 0.3 is 0 Å². The summed E-state index contributed by atoms with van der Waals surface area (Å²) in [5, 5.41) is 3.73. The van der Waals surface area contributed by atoms with Crippen LogP contribution in [0.1, 0.15) is 36.1 Å². The zero-order valence-corrected chi connectivity index (χ0v) is 11.5. The lowest BCUT2D eigenvalue weighted by molar-refractivity contribution is -0.0381. The minimum absolute atomic E-state index is 0.242. The fourth-order valence-corrected chi connectivity index (χ4v) is 3.61. The first-order valence-corrected chi connectivity index (χ1v) is 7.45. The summed E-state index contributed by atoms with van der Waals surface area (Å²) in [7, 11) is 0. The summed E-state index contributed by atoms with van der Waals surface area (Å²) in [6.07, 6.45) is 2.63. The molecule has 0 aliphatic carbocycles. The van der Waals surface area contributed by atoms with Gasteiger partial charge in [-0.05, 0) is 24.5 Å². The van der Waals surface area contributed by atoms with Crippen molar-refractivity contribution in [3.8, 4) is 0 Å². The Bertz CT molecular complexity index is 595. The molecule has 0 bridgehead atoms. The molecule has 2 heterocycles. The number of hydrogen-bond donors (Lipinski definition) is 1. The van der Waals surface area contributed by atoms with Gasteiger partial charge in [0.2, 0.25) is 0 Å². The summed E-state index contributed by atoms with van der Waals surface area (Å²) in [5.74, 6) is 0.529. The molecule has 2 aliphatic rings. The molecule has 0 aromatic heterocycles. The first-order valence-electron chi connectivity index (χ1n) is 7.45. The van der Waals surface area contributed by atoms with E-state index >= 15 is 0 Å². The van der Waals surface area contributed by atoms with Gasteiger partial charge in [-0.25, -0.2) is 0 Å². The highest BCUT2D eigenvalue weighted by Gasteiger charge is 2.39. The Morgan fingerprint density at radius 1 is 0.950 bits per heavy atom. The van der Waals surface area contributed by atoms with Gasteiger partial charge < -0.3 is 10.1 Å². The van der Waals surface area contributed by atoms with Crippen molar-refractivity contribution in [1.29, 1.82) is 0 Å². The number of benzene rings is 2. The van der Waals surface area contributed by atoms with E-state index < -0.39 is 0 Å². The Hall–Kier alpha value is -1.80. The van der Waals surface area contributed by atoms with Crippen LogP contribution in [0.2, 0.25) is 0 Å². The van der Waals surface area contributed by atoms with E-state index in [-0.39, 0.29) is 6.10 Å². The molecule has 4 rings (SSSR count). The summed E-state index contributed by atoms with van der Waals surface area (Å²) in [5.41, 5.74) is 3.91. The molecule has 0 unspecified atom stereocenters. The van der Waals surface area contributed by atoms with Gasteiger partial charge in [-0.3, -0.25) is 0 Å². The molecular weight excluding hydrogens is 246 g/mol. The van der Waals surface area contributed by atoms with Crippen molar-refractivity contribution < 1.29 is 4.74 Å². The molecule has 0 spiro atoms. The standard InChI is InChI=1S/C18H19NO/c1-2-7-13(8-3-1)17-15-10-6-12-20-18(15)14-9-4-5-11-16(14)19-17/h1-5,7-9,11,15,17-19H,6,10,12H2/t15-,17+,18+/m0/s1. The quantitative estimate of drug-likeness (QED) is 0.829. The van der Waals surface area contributed by atoms with Crippen molar-refractivity contribution in [3.63, 3.8) is 0 Å². The van der Waals surface area contributed by atoms with Crippen LogP contribution in [0.25, 0.3) is 0 Å². The average molecular weight is 265 g/mol. The normalized spacial score (nSPS) is 28.1.